The highest BCUT2D eigenvalue weighted by Crippen LogP contribution is 2.14. The molecule has 130 valence electrons. The van der Waals surface area contributed by atoms with E-state index in [0.29, 0.717) is 11.4 Å². The van der Waals surface area contributed by atoms with Crippen LogP contribution < -0.4 is 5.32 Å². The molecule has 0 radical (unpaired) electrons. The van der Waals surface area contributed by atoms with E-state index in [0.717, 1.165) is 18.7 Å². The van der Waals surface area contributed by atoms with Crippen LogP contribution in [0.1, 0.15) is 18.4 Å². The van der Waals surface area contributed by atoms with Gasteiger partial charge in [-0.3, -0.25) is 9.48 Å². The molecule has 0 aliphatic heterocycles. The third-order valence-corrected chi connectivity index (χ3v) is 3.49. The third kappa shape index (κ3) is 4.06. The maximum atomic E-state index is 13.5. The lowest BCUT2D eigenvalue weighted by Crippen LogP contribution is -2.25. The number of amides is 1. The summed E-state index contributed by atoms with van der Waals surface area (Å²) < 4.78 is 33.2. The number of rotatable bonds is 6. The Bertz CT molecular complexity index is 890. The maximum absolute atomic E-state index is 13.5. The summed E-state index contributed by atoms with van der Waals surface area (Å²) >= 11 is 0. The number of aromatic nitrogens is 4. The fraction of sp³-hybridized carbons (Fsp3) is 0.250. The van der Waals surface area contributed by atoms with Crippen molar-refractivity contribution in [1.82, 2.24) is 25.2 Å². The van der Waals surface area contributed by atoms with Crippen molar-refractivity contribution in [2.24, 2.45) is 0 Å². The molecule has 2 heterocycles. The first kappa shape index (κ1) is 16.7. The molecular weight excluding hydrogens is 332 g/mol. The average molecular weight is 347 g/mol. The fourth-order valence-corrected chi connectivity index (χ4v) is 2.17. The molecule has 1 N–H and O–H groups in total. The van der Waals surface area contributed by atoms with Crippen molar-refractivity contribution in [1.29, 1.82) is 0 Å². The van der Waals surface area contributed by atoms with Crippen molar-refractivity contribution in [2.75, 3.05) is 0 Å². The number of carbonyl (C=O) groups excluding carboxylic acids is 1. The Morgan fingerprint density at radius 2 is 2.20 bits per heavy atom. The number of hydrogen-bond acceptors (Lipinski definition) is 5. The van der Waals surface area contributed by atoms with E-state index in [2.05, 4.69) is 20.6 Å². The van der Waals surface area contributed by atoms with E-state index in [4.69, 9.17) is 4.52 Å². The van der Waals surface area contributed by atoms with Gasteiger partial charge in [-0.05, 0) is 18.6 Å². The zero-order chi connectivity index (χ0) is 17.8. The molecule has 0 atom stereocenters. The summed E-state index contributed by atoms with van der Waals surface area (Å²) in [7, 11) is 0. The molecule has 0 bridgehead atoms. The summed E-state index contributed by atoms with van der Waals surface area (Å²) in [5.74, 6) is -1.31. The molecule has 0 aliphatic carbocycles. The van der Waals surface area contributed by atoms with E-state index in [1.165, 1.54) is 6.07 Å². The number of nitrogens with zero attached hydrogens (tertiary/aromatic N) is 4. The first-order valence-corrected chi connectivity index (χ1v) is 7.61. The van der Waals surface area contributed by atoms with Gasteiger partial charge < -0.3 is 9.84 Å². The summed E-state index contributed by atoms with van der Waals surface area (Å²) in [5.41, 5.74) is 0.814. The Kier molecular flexibility index (Phi) is 4.82. The van der Waals surface area contributed by atoms with Gasteiger partial charge in [0.15, 0.2) is 0 Å². The van der Waals surface area contributed by atoms with Crippen LogP contribution in [0.3, 0.4) is 0 Å². The van der Waals surface area contributed by atoms with Gasteiger partial charge in [0, 0.05) is 18.8 Å². The second kappa shape index (κ2) is 7.20. The number of aryl methyl sites for hydroxylation is 1. The van der Waals surface area contributed by atoms with Gasteiger partial charge in [0.25, 0.3) is 0 Å². The van der Waals surface area contributed by atoms with Gasteiger partial charge in [-0.1, -0.05) is 11.2 Å². The lowest BCUT2D eigenvalue weighted by molar-refractivity contribution is -0.120. The summed E-state index contributed by atoms with van der Waals surface area (Å²) in [6.45, 7) is 2.69. The SMILES string of the molecule is CCn1cc(-c2noc(CNC(=O)Cc3ccc(F)cc3F)n2)cn1. The van der Waals surface area contributed by atoms with Crippen LogP contribution in [0.25, 0.3) is 11.4 Å². The van der Waals surface area contributed by atoms with E-state index in [9.17, 15) is 13.6 Å². The molecule has 0 saturated carbocycles. The minimum absolute atomic E-state index is 0.0105. The molecule has 1 amide bonds. The van der Waals surface area contributed by atoms with Gasteiger partial charge in [0.1, 0.15) is 11.6 Å². The number of nitrogens with one attached hydrogen (secondary N) is 1. The summed E-state index contributed by atoms with van der Waals surface area (Å²) in [6, 6.07) is 3.08. The van der Waals surface area contributed by atoms with Crippen molar-refractivity contribution >= 4 is 5.91 Å². The molecule has 0 saturated heterocycles. The van der Waals surface area contributed by atoms with Crippen molar-refractivity contribution in [3.05, 3.63) is 53.7 Å². The zero-order valence-electron chi connectivity index (χ0n) is 13.4. The van der Waals surface area contributed by atoms with Crippen LogP contribution in [0.5, 0.6) is 0 Å². The Hall–Kier alpha value is -3.10. The van der Waals surface area contributed by atoms with Gasteiger partial charge in [-0.15, -0.1) is 0 Å². The average Bonchev–Trinajstić information content (AvgIpc) is 3.24. The van der Waals surface area contributed by atoms with E-state index in [1.54, 1.807) is 17.1 Å². The van der Waals surface area contributed by atoms with Crippen LogP contribution in [0, 0.1) is 11.6 Å². The molecule has 2 aromatic heterocycles. The van der Waals surface area contributed by atoms with E-state index in [1.807, 2.05) is 6.92 Å². The number of benzene rings is 1. The predicted molar refractivity (Wildman–Crippen MR) is 83.1 cm³/mol. The predicted octanol–water partition coefficient (Wildman–Crippen LogP) is 2.09. The van der Waals surface area contributed by atoms with E-state index in [-0.39, 0.29) is 24.4 Å². The summed E-state index contributed by atoms with van der Waals surface area (Å²) in [5, 5.41) is 10.5. The quantitative estimate of drug-likeness (QED) is 0.738. The topological polar surface area (TPSA) is 85.8 Å². The minimum Gasteiger partial charge on any atom is -0.347 e. The first-order valence-electron chi connectivity index (χ1n) is 7.61. The molecule has 0 aliphatic rings. The largest absolute Gasteiger partial charge is 0.347 e. The molecule has 25 heavy (non-hydrogen) atoms. The van der Waals surface area contributed by atoms with Crippen LogP contribution in [-0.2, 0) is 24.3 Å². The second-order valence-corrected chi connectivity index (χ2v) is 5.29. The second-order valence-electron chi connectivity index (χ2n) is 5.29. The lowest BCUT2D eigenvalue weighted by atomic mass is 10.1. The Balaban J connectivity index is 1.57. The smallest absolute Gasteiger partial charge is 0.246 e. The lowest BCUT2D eigenvalue weighted by Gasteiger charge is -2.04. The van der Waals surface area contributed by atoms with Crippen molar-refractivity contribution < 1.29 is 18.1 Å². The summed E-state index contributed by atoms with van der Waals surface area (Å²) in [6.07, 6.45) is 3.19. The molecule has 0 fully saturated rings. The van der Waals surface area contributed by atoms with Crippen molar-refractivity contribution in [2.45, 2.75) is 26.4 Å². The number of carbonyl (C=O) groups is 1. The molecule has 9 heteroatoms. The van der Waals surface area contributed by atoms with Crippen LogP contribution in [-0.4, -0.2) is 25.8 Å². The fourth-order valence-electron chi connectivity index (χ4n) is 2.17. The Morgan fingerprint density at radius 1 is 1.36 bits per heavy atom. The Labute approximate surface area is 141 Å². The molecule has 0 unspecified atom stereocenters. The molecule has 3 aromatic rings. The third-order valence-electron chi connectivity index (χ3n) is 3.49. The Morgan fingerprint density at radius 3 is 2.92 bits per heavy atom. The molecule has 0 spiro atoms. The van der Waals surface area contributed by atoms with Gasteiger partial charge in [0.2, 0.25) is 17.6 Å². The number of hydrogen-bond donors (Lipinski definition) is 1. The highest BCUT2D eigenvalue weighted by Gasteiger charge is 2.13. The maximum Gasteiger partial charge on any atom is 0.246 e. The van der Waals surface area contributed by atoms with Crippen molar-refractivity contribution in [3.63, 3.8) is 0 Å². The highest BCUT2D eigenvalue weighted by molar-refractivity contribution is 5.78. The van der Waals surface area contributed by atoms with Crippen LogP contribution in [0.4, 0.5) is 8.78 Å². The molecule has 3 rings (SSSR count). The first-order chi connectivity index (χ1) is 12.0. The molecular formula is C16H15F2N5O2. The normalized spacial score (nSPS) is 10.8. The highest BCUT2D eigenvalue weighted by atomic mass is 19.1. The van der Waals surface area contributed by atoms with Gasteiger partial charge in [0.05, 0.1) is 24.7 Å². The molecule has 1 aromatic carbocycles. The number of halogens is 2. The van der Waals surface area contributed by atoms with Gasteiger partial charge in [-0.2, -0.15) is 10.1 Å². The van der Waals surface area contributed by atoms with Gasteiger partial charge >= 0.3 is 0 Å². The monoisotopic (exact) mass is 347 g/mol. The van der Waals surface area contributed by atoms with Crippen LogP contribution in [0.2, 0.25) is 0 Å². The van der Waals surface area contributed by atoms with Crippen molar-refractivity contribution in [3.8, 4) is 11.4 Å². The van der Waals surface area contributed by atoms with Crippen LogP contribution >= 0.6 is 0 Å². The van der Waals surface area contributed by atoms with E-state index < -0.39 is 17.5 Å². The van der Waals surface area contributed by atoms with E-state index >= 15 is 0 Å². The summed E-state index contributed by atoms with van der Waals surface area (Å²) in [4.78, 5) is 16.0. The zero-order valence-corrected chi connectivity index (χ0v) is 13.4. The minimum atomic E-state index is -0.761. The van der Waals surface area contributed by atoms with Crippen LogP contribution in [0.15, 0.2) is 35.1 Å². The van der Waals surface area contributed by atoms with Gasteiger partial charge in [-0.25, -0.2) is 8.78 Å². The standard InChI is InChI=1S/C16H15F2N5O2/c1-2-23-9-11(7-20-23)16-21-15(25-22-16)8-19-14(24)5-10-3-4-12(17)6-13(10)18/h3-4,6-7,9H,2,5,8H2,1H3,(H,19,24). The molecule has 7 nitrogen and oxygen atoms in total.